The number of rotatable bonds is 3. The summed E-state index contributed by atoms with van der Waals surface area (Å²) in [5.41, 5.74) is -0.135. The van der Waals surface area contributed by atoms with E-state index < -0.39 is 11.7 Å². The molecule has 1 N–H and O–H groups in total. The molecule has 0 bridgehead atoms. The van der Waals surface area contributed by atoms with Crippen molar-refractivity contribution in [1.29, 1.82) is 0 Å². The minimum Gasteiger partial charge on any atom is -0.379 e. The Bertz CT molecular complexity index is 578. The molecule has 1 aromatic heterocycles. The van der Waals surface area contributed by atoms with Crippen LogP contribution in [0.4, 0.5) is 18.9 Å². The van der Waals surface area contributed by atoms with Crippen molar-refractivity contribution in [2.24, 2.45) is 7.05 Å². The van der Waals surface area contributed by atoms with Crippen molar-refractivity contribution >= 4 is 17.3 Å². The van der Waals surface area contributed by atoms with Gasteiger partial charge >= 0.3 is 6.18 Å². The van der Waals surface area contributed by atoms with Crippen molar-refractivity contribution in [3.8, 4) is 0 Å². The summed E-state index contributed by atoms with van der Waals surface area (Å²) < 4.78 is 40.1. The van der Waals surface area contributed by atoms with E-state index in [-0.39, 0.29) is 17.3 Å². The SMILES string of the molecule is Cn1ccc(CNc2ccc(Cl)cc2C(F)(F)F)n1. The van der Waals surface area contributed by atoms with Crippen LogP contribution in [0.25, 0.3) is 0 Å². The second-order valence-electron chi connectivity index (χ2n) is 4.02. The van der Waals surface area contributed by atoms with Crippen LogP contribution in [0.15, 0.2) is 30.5 Å². The molecular formula is C12H11ClF3N3. The monoisotopic (exact) mass is 289 g/mol. The van der Waals surface area contributed by atoms with Crippen LogP contribution in [0, 0.1) is 0 Å². The van der Waals surface area contributed by atoms with Crippen LogP contribution in [-0.4, -0.2) is 9.78 Å². The molecule has 0 spiro atoms. The molecule has 1 heterocycles. The van der Waals surface area contributed by atoms with E-state index >= 15 is 0 Å². The van der Waals surface area contributed by atoms with Crippen molar-refractivity contribution in [1.82, 2.24) is 9.78 Å². The van der Waals surface area contributed by atoms with E-state index in [0.717, 1.165) is 6.07 Å². The Morgan fingerprint density at radius 2 is 2.05 bits per heavy atom. The second kappa shape index (κ2) is 5.13. The van der Waals surface area contributed by atoms with Crippen LogP contribution >= 0.6 is 11.6 Å². The van der Waals surface area contributed by atoms with E-state index in [1.165, 1.54) is 12.1 Å². The lowest BCUT2D eigenvalue weighted by Gasteiger charge is -2.14. The van der Waals surface area contributed by atoms with E-state index in [2.05, 4.69) is 10.4 Å². The maximum absolute atomic E-state index is 12.8. The number of alkyl halides is 3. The standard InChI is InChI=1S/C12H11ClF3N3/c1-19-5-4-9(18-19)7-17-11-3-2-8(13)6-10(11)12(14,15)16/h2-6,17H,7H2,1H3. The highest BCUT2D eigenvalue weighted by molar-refractivity contribution is 6.30. The van der Waals surface area contributed by atoms with Gasteiger partial charge in [-0.2, -0.15) is 18.3 Å². The zero-order chi connectivity index (χ0) is 14.0. The van der Waals surface area contributed by atoms with Crippen LogP contribution in [0.3, 0.4) is 0 Å². The summed E-state index contributed by atoms with van der Waals surface area (Å²) in [4.78, 5) is 0. The third-order valence-corrected chi connectivity index (χ3v) is 2.75. The van der Waals surface area contributed by atoms with Gasteiger partial charge in [0.2, 0.25) is 0 Å². The third kappa shape index (κ3) is 3.41. The van der Waals surface area contributed by atoms with Crippen LogP contribution in [-0.2, 0) is 19.8 Å². The first-order valence-corrected chi connectivity index (χ1v) is 5.83. The number of hydrogen-bond acceptors (Lipinski definition) is 2. The smallest absolute Gasteiger partial charge is 0.379 e. The van der Waals surface area contributed by atoms with Gasteiger partial charge in [-0.3, -0.25) is 4.68 Å². The van der Waals surface area contributed by atoms with E-state index in [4.69, 9.17) is 11.6 Å². The van der Waals surface area contributed by atoms with Crippen molar-refractivity contribution in [2.75, 3.05) is 5.32 Å². The Morgan fingerprint density at radius 3 is 2.63 bits per heavy atom. The van der Waals surface area contributed by atoms with E-state index in [1.54, 1.807) is 24.0 Å². The highest BCUT2D eigenvalue weighted by atomic mass is 35.5. The van der Waals surface area contributed by atoms with Crippen molar-refractivity contribution < 1.29 is 13.2 Å². The highest BCUT2D eigenvalue weighted by Gasteiger charge is 2.33. The molecule has 0 amide bonds. The molecule has 0 unspecified atom stereocenters. The first-order valence-electron chi connectivity index (χ1n) is 5.45. The third-order valence-electron chi connectivity index (χ3n) is 2.52. The molecule has 0 fully saturated rings. The first kappa shape index (κ1) is 13.7. The Balaban J connectivity index is 2.20. The van der Waals surface area contributed by atoms with Gasteiger partial charge in [0.1, 0.15) is 0 Å². The fourth-order valence-corrected chi connectivity index (χ4v) is 1.82. The molecule has 102 valence electrons. The zero-order valence-electron chi connectivity index (χ0n) is 10.0. The van der Waals surface area contributed by atoms with Gasteiger partial charge in [-0.05, 0) is 24.3 Å². The normalized spacial score (nSPS) is 11.6. The van der Waals surface area contributed by atoms with Gasteiger partial charge in [-0.1, -0.05) is 11.6 Å². The maximum atomic E-state index is 12.8. The zero-order valence-corrected chi connectivity index (χ0v) is 10.8. The maximum Gasteiger partial charge on any atom is 0.418 e. The number of benzene rings is 1. The second-order valence-corrected chi connectivity index (χ2v) is 4.46. The summed E-state index contributed by atoms with van der Waals surface area (Å²) in [5.74, 6) is 0. The minimum absolute atomic E-state index is 0.0115. The van der Waals surface area contributed by atoms with Gasteiger partial charge in [0, 0.05) is 24.0 Å². The summed E-state index contributed by atoms with van der Waals surface area (Å²) in [6, 6.07) is 5.37. The molecule has 0 saturated heterocycles. The molecule has 0 radical (unpaired) electrons. The van der Waals surface area contributed by atoms with E-state index in [0.29, 0.717) is 5.69 Å². The summed E-state index contributed by atoms with van der Waals surface area (Å²) in [6.45, 7) is 0.214. The van der Waals surface area contributed by atoms with Crippen LogP contribution in [0.1, 0.15) is 11.3 Å². The predicted octanol–water partition coefficient (Wildman–Crippen LogP) is 3.70. The molecule has 0 atom stereocenters. The van der Waals surface area contributed by atoms with E-state index in [9.17, 15) is 13.2 Å². The van der Waals surface area contributed by atoms with Crippen LogP contribution < -0.4 is 5.32 Å². The number of aryl methyl sites for hydroxylation is 1. The first-order chi connectivity index (χ1) is 8.86. The summed E-state index contributed by atoms with van der Waals surface area (Å²) in [6.07, 6.45) is -2.72. The Kier molecular flexibility index (Phi) is 3.71. The number of hydrogen-bond donors (Lipinski definition) is 1. The average molecular weight is 290 g/mol. The molecule has 2 rings (SSSR count). The Labute approximate surface area is 113 Å². The Hall–Kier alpha value is -1.69. The van der Waals surface area contributed by atoms with Gasteiger partial charge < -0.3 is 5.32 Å². The topological polar surface area (TPSA) is 29.9 Å². The van der Waals surface area contributed by atoms with Gasteiger partial charge in [0.15, 0.2) is 0 Å². The number of halogens is 4. The number of nitrogens with zero attached hydrogens (tertiary/aromatic N) is 2. The predicted molar refractivity (Wildman–Crippen MR) is 67.0 cm³/mol. The summed E-state index contributed by atoms with van der Waals surface area (Å²) >= 11 is 5.60. The lowest BCUT2D eigenvalue weighted by molar-refractivity contribution is -0.136. The van der Waals surface area contributed by atoms with Crippen molar-refractivity contribution in [3.63, 3.8) is 0 Å². The molecule has 2 aromatic rings. The highest BCUT2D eigenvalue weighted by Crippen LogP contribution is 2.36. The molecular weight excluding hydrogens is 279 g/mol. The van der Waals surface area contributed by atoms with Crippen molar-refractivity contribution in [3.05, 3.63) is 46.7 Å². The van der Waals surface area contributed by atoms with Gasteiger partial charge in [-0.25, -0.2) is 0 Å². The molecule has 0 aliphatic heterocycles. The number of aromatic nitrogens is 2. The average Bonchev–Trinajstić information content (AvgIpc) is 2.72. The van der Waals surface area contributed by atoms with Gasteiger partial charge in [0.25, 0.3) is 0 Å². The molecule has 3 nitrogen and oxygen atoms in total. The van der Waals surface area contributed by atoms with Crippen LogP contribution in [0.2, 0.25) is 5.02 Å². The molecule has 0 aliphatic carbocycles. The summed E-state index contributed by atoms with van der Waals surface area (Å²) in [5, 5.41) is 6.86. The number of anilines is 1. The van der Waals surface area contributed by atoms with E-state index in [1.807, 2.05) is 0 Å². The van der Waals surface area contributed by atoms with Crippen LogP contribution in [0.5, 0.6) is 0 Å². The van der Waals surface area contributed by atoms with Gasteiger partial charge in [0.05, 0.1) is 17.8 Å². The minimum atomic E-state index is -4.45. The molecule has 7 heteroatoms. The van der Waals surface area contributed by atoms with Crippen molar-refractivity contribution in [2.45, 2.75) is 12.7 Å². The quantitative estimate of drug-likeness (QED) is 0.933. The lowest BCUT2D eigenvalue weighted by atomic mass is 10.1. The number of nitrogens with one attached hydrogen (secondary N) is 1. The molecule has 19 heavy (non-hydrogen) atoms. The Morgan fingerprint density at radius 1 is 1.32 bits per heavy atom. The van der Waals surface area contributed by atoms with Gasteiger partial charge in [-0.15, -0.1) is 0 Å². The fourth-order valence-electron chi connectivity index (χ4n) is 1.65. The largest absolute Gasteiger partial charge is 0.418 e. The molecule has 1 aromatic carbocycles. The molecule has 0 saturated carbocycles. The molecule has 0 aliphatic rings. The fraction of sp³-hybridized carbons (Fsp3) is 0.250. The summed E-state index contributed by atoms with van der Waals surface area (Å²) in [7, 11) is 1.74. The lowest BCUT2D eigenvalue weighted by Crippen LogP contribution is -2.11.